The van der Waals surface area contributed by atoms with E-state index in [0.717, 1.165) is 17.3 Å². The van der Waals surface area contributed by atoms with E-state index in [0.29, 0.717) is 46.9 Å². The van der Waals surface area contributed by atoms with Crippen molar-refractivity contribution >= 4 is 32.9 Å². The molecule has 1 unspecified atom stereocenters. The zero-order valence-electron chi connectivity index (χ0n) is 19.6. The summed E-state index contributed by atoms with van der Waals surface area (Å²) in [6.07, 6.45) is 0.537. The molecule has 11 heteroatoms. The maximum atomic E-state index is 13.7. The molecule has 36 heavy (non-hydrogen) atoms. The van der Waals surface area contributed by atoms with Crippen LogP contribution in [0.25, 0.3) is 22.3 Å². The van der Waals surface area contributed by atoms with Gasteiger partial charge in [0.2, 0.25) is 0 Å². The molecule has 1 aliphatic heterocycles. The fourth-order valence-electron chi connectivity index (χ4n) is 4.43. The van der Waals surface area contributed by atoms with Gasteiger partial charge in [-0.15, -0.1) is 0 Å². The number of ether oxygens (including phenoxy) is 2. The number of aliphatic hydroxyl groups is 2. The highest BCUT2D eigenvalue weighted by atomic mass is 79.9. The van der Waals surface area contributed by atoms with Crippen LogP contribution in [0.4, 0.5) is 4.79 Å². The van der Waals surface area contributed by atoms with Crippen LogP contribution in [-0.4, -0.2) is 75.4 Å². The molecule has 1 saturated heterocycles. The van der Waals surface area contributed by atoms with E-state index in [4.69, 9.17) is 19.6 Å². The summed E-state index contributed by atoms with van der Waals surface area (Å²) in [7, 11) is 0. The minimum Gasteiger partial charge on any atom is -0.491 e. The fourth-order valence-corrected chi connectivity index (χ4v) is 4.79. The SMILES string of the molecule is O=C(O)N1CCCC(Cn2c(-c3ccc(OCCO)cc3OCCO)nc3ccc(Br)cc3c2=O)C1. The Kier molecular flexibility index (Phi) is 8.44. The lowest BCUT2D eigenvalue weighted by Crippen LogP contribution is -2.41. The molecular weight excluding hydrogens is 534 g/mol. The number of carbonyl (C=O) groups is 1. The van der Waals surface area contributed by atoms with Crippen molar-refractivity contribution in [1.82, 2.24) is 14.5 Å². The highest BCUT2D eigenvalue weighted by molar-refractivity contribution is 9.10. The summed E-state index contributed by atoms with van der Waals surface area (Å²) in [5.41, 5.74) is 0.809. The number of aliphatic hydroxyl groups excluding tert-OH is 2. The van der Waals surface area contributed by atoms with Crippen molar-refractivity contribution in [2.45, 2.75) is 19.4 Å². The highest BCUT2D eigenvalue weighted by Gasteiger charge is 2.26. The van der Waals surface area contributed by atoms with Gasteiger partial charge in [0.25, 0.3) is 5.56 Å². The zero-order chi connectivity index (χ0) is 25.7. The Morgan fingerprint density at radius 1 is 1.11 bits per heavy atom. The standard InChI is InChI=1S/C25H28BrN3O7/c26-17-3-6-21-20(12-17)24(32)29(15-16-2-1-7-28(14-16)25(33)34)23(27-21)19-5-4-18(35-10-8-30)13-22(19)36-11-9-31/h3-6,12-13,16,30-31H,1-2,7-11,14-15H2,(H,33,34). The summed E-state index contributed by atoms with van der Waals surface area (Å²) in [4.78, 5) is 31.5. The van der Waals surface area contributed by atoms with Crippen LogP contribution in [-0.2, 0) is 6.54 Å². The van der Waals surface area contributed by atoms with E-state index in [1.54, 1.807) is 34.9 Å². The predicted octanol–water partition coefficient (Wildman–Crippen LogP) is 2.96. The third-order valence-corrected chi connectivity index (χ3v) is 6.54. The average Bonchev–Trinajstić information content (AvgIpc) is 2.88. The number of hydrogen-bond donors (Lipinski definition) is 3. The molecule has 10 nitrogen and oxygen atoms in total. The normalized spacial score (nSPS) is 15.8. The summed E-state index contributed by atoms with van der Waals surface area (Å²) in [5, 5.41) is 28.3. The number of halogens is 1. The van der Waals surface area contributed by atoms with Crippen molar-refractivity contribution in [2.75, 3.05) is 39.5 Å². The van der Waals surface area contributed by atoms with Crippen molar-refractivity contribution < 1.29 is 29.6 Å². The van der Waals surface area contributed by atoms with Crippen molar-refractivity contribution in [3.63, 3.8) is 0 Å². The second-order valence-electron chi connectivity index (χ2n) is 8.55. The van der Waals surface area contributed by atoms with Crippen LogP contribution in [0.3, 0.4) is 0 Å². The van der Waals surface area contributed by atoms with Crippen LogP contribution >= 0.6 is 15.9 Å². The Bertz CT molecular complexity index is 1300. The Morgan fingerprint density at radius 3 is 2.64 bits per heavy atom. The Hall–Kier alpha value is -3.15. The van der Waals surface area contributed by atoms with Crippen LogP contribution in [0.15, 0.2) is 45.7 Å². The zero-order valence-corrected chi connectivity index (χ0v) is 21.2. The first-order valence-corrected chi connectivity index (χ1v) is 12.5. The first-order valence-electron chi connectivity index (χ1n) is 11.7. The van der Waals surface area contributed by atoms with Crippen LogP contribution in [0, 0.1) is 5.92 Å². The number of amides is 1. The highest BCUT2D eigenvalue weighted by Crippen LogP contribution is 2.34. The van der Waals surface area contributed by atoms with E-state index in [1.807, 2.05) is 6.07 Å². The molecule has 1 atom stereocenters. The second kappa shape index (κ2) is 11.7. The van der Waals surface area contributed by atoms with E-state index >= 15 is 0 Å². The number of rotatable bonds is 9. The van der Waals surface area contributed by atoms with Gasteiger partial charge in [-0.1, -0.05) is 15.9 Å². The van der Waals surface area contributed by atoms with Crippen molar-refractivity contribution in [1.29, 1.82) is 0 Å². The molecule has 3 aromatic rings. The fraction of sp³-hybridized carbons (Fsp3) is 0.400. The molecule has 0 bridgehead atoms. The molecule has 3 N–H and O–H groups in total. The number of piperidine rings is 1. The summed E-state index contributed by atoms with van der Waals surface area (Å²) in [5.74, 6) is 1.15. The van der Waals surface area contributed by atoms with Crippen molar-refractivity contribution in [3.8, 4) is 22.9 Å². The molecule has 0 spiro atoms. The largest absolute Gasteiger partial charge is 0.491 e. The lowest BCUT2D eigenvalue weighted by molar-refractivity contribution is 0.116. The number of nitrogens with zero attached hydrogens (tertiary/aromatic N) is 3. The first-order chi connectivity index (χ1) is 17.4. The average molecular weight is 562 g/mol. The van der Waals surface area contributed by atoms with Gasteiger partial charge in [0, 0.05) is 30.2 Å². The van der Waals surface area contributed by atoms with E-state index in [1.165, 1.54) is 4.90 Å². The van der Waals surface area contributed by atoms with Gasteiger partial charge in [-0.25, -0.2) is 9.78 Å². The molecule has 192 valence electrons. The Morgan fingerprint density at radius 2 is 1.89 bits per heavy atom. The molecule has 0 radical (unpaired) electrons. The number of aromatic nitrogens is 2. The first kappa shape index (κ1) is 25.9. The molecule has 0 saturated carbocycles. The molecule has 1 aliphatic rings. The minimum atomic E-state index is -0.967. The quantitative estimate of drug-likeness (QED) is 0.363. The van der Waals surface area contributed by atoms with Crippen molar-refractivity contribution in [2.24, 2.45) is 5.92 Å². The number of likely N-dealkylation sites (tertiary alicyclic amines) is 1. The molecule has 2 aromatic carbocycles. The molecule has 1 fully saturated rings. The number of hydrogen-bond acceptors (Lipinski definition) is 7. The molecule has 1 aromatic heterocycles. The number of benzene rings is 2. The lowest BCUT2D eigenvalue weighted by atomic mass is 9.98. The minimum absolute atomic E-state index is 0.0252. The third-order valence-electron chi connectivity index (χ3n) is 6.05. The predicted molar refractivity (Wildman–Crippen MR) is 137 cm³/mol. The van der Waals surface area contributed by atoms with Crippen LogP contribution in [0.5, 0.6) is 11.5 Å². The Labute approximate surface area is 215 Å². The van der Waals surface area contributed by atoms with Gasteiger partial charge in [-0.2, -0.15) is 0 Å². The van der Waals surface area contributed by atoms with Gasteiger partial charge < -0.3 is 29.7 Å². The van der Waals surface area contributed by atoms with Gasteiger partial charge in [0.1, 0.15) is 30.5 Å². The van der Waals surface area contributed by atoms with Gasteiger partial charge >= 0.3 is 6.09 Å². The molecule has 2 heterocycles. The van der Waals surface area contributed by atoms with Gasteiger partial charge in [-0.3, -0.25) is 9.36 Å². The lowest BCUT2D eigenvalue weighted by Gasteiger charge is -2.31. The van der Waals surface area contributed by atoms with E-state index in [2.05, 4.69) is 15.9 Å². The molecule has 1 amide bonds. The monoisotopic (exact) mass is 561 g/mol. The van der Waals surface area contributed by atoms with E-state index < -0.39 is 6.09 Å². The van der Waals surface area contributed by atoms with Crippen LogP contribution < -0.4 is 15.0 Å². The Balaban J connectivity index is 1.84. The van der Waals surface area contributed by atoms with Gasteiger partial charge in [-0.05, 0) is 49.1 Å². The van der Waals surface area contributed by atoms with E-state index in [9.17, 15) is 19.8 Å². The van der Waals surface area contributed by atoms with Crippen molar-refractivity contribution in [3.05, 3.63) is 51.2 Å². The maximum Gasteiger partial charge on any atom is 0.407 e. The van der Waals surface area contributed by atoms with Gasteiger partial charge in [0.05, 0.1) is 29.7 Å². The third kappa shape index (κ3) is 5.80. The summed E-state index contributed by atoms with van der Waals surface area (Å²) < 4.78 is 13.6. The van der Waals surface area contributed by atoms with Gasteiger partial charge in [0.15, 0.2) is 0 Å². The van der Waals surface area contributed by atoms with E-state index in [-0.39, 0.29) is 44.4 Å². The van der Waals surface area contributed by atoms with Crippen LogP contribution in [0.2, 0.25) is 0 Å². The topological polar surface area (TPSA) is 134 Å². The second-order valence-corrected chi connectivity index (χ2v) is 9.47. The summed E-state index contributed by atoms with van der Waals surface area (Å²) in [6.45, 7) is 0.872. The summed E-state index contributed by atoms with van der Waals surface area (Å²) >= 11 is 3.42. The van der Waals surface area contributed by atoms with Crippen LogP contribution in [0.1, 0.15) is 12.8 Å². The molecule has 4 rings (SSSR count). The number of carboxylic acid groups (broad SMARTS) is 1. The smallest absolute Gasteiger partial charge is 0.407 e. The summed E-state index contributed by atoms with van der Waals surface area (Å²) in [6, 6.07) is 10.4. The number of fused-ring (bicyclic) bond motifs is 1. The maximum absolute atomic E-state index is 13.7. The molecular formula is C25H28BrN3O7. The molecule has 0 aliphatic carbocycles.